The molecule has 1 aromatic rings. The predicted octanol–water partition coefficient (Wildman–Crippen LogP) is 2.35. The Bertz CT molecular complexity index is 497. The molecule has 122 valence electrons. The number of halogens is 1. The minimum Gasteiger partial charge on any atom is -0.335 e. The average Bonchev–Trinajstić information content (AvgIpc) is 2.94. The molecule has 2 amide bonds. The lowest BCUT2D eigenvalue weighted by Crippen LogP contribution is -2.53. The van der Waals surface area contributed by atoms with E-state index in [0.29, 0.717) is 16.9 Å². The van der Waals surface area contributed by atoms with Gasteiger partial charge >= 0.3 is 6.03 Å². The lowest BCUT2D eigenvalue weighted by molar-refractivity contribution is 0.131. The van der Waals surface area contributed by atoms with Crippen molar-refractivity contribution in [3.63, 3.8) is 0 Å². The highest BCUT2D eigenvalue weighted by molar-refractivity contribution is 7.10. The number of amides is 2. The van der Waals surface area contributed by atoms with Gasteiger partial charge in [0.25, 0.3) is 0 Å². The first-order valence-corrected chi connectivity index (χ1v) is 9.12. The van der Waals surface area contributed by atoms with E-state index in [1.807, 2.05) is 4.90 Å². The van der Waals surface area contributed by atoms with Crippen molar-refractivity contribution in [2.75, 3.05) is 26.2 Å². The zero-order chi connectivity index (χ0) is 15.4. The third-order valence-electron chi connectivity index (χ3n) is 4.48. The fraction of sp³-hybridized carbons (Fsp3) is 0.786. The molecule has 0 unspecified atom stereocenters. The summed E-state index contributed by atoms with van der Waals surface area (Å²) in [6.07, 6.45) is 6.03. The predicted molar refractivity (Wildman–Crippen MR) is 87.2 cm³/mol. The highest BCUT2D eigenvalue weighted by Gasteiger charge is 2.24. The number of aromatic nitrogens is 2. The summed E-state index contributed by atoms with van der Waals surface area (Å²) in [6.45, 7) is 3.94. The quantitative estimate of drug-likeness (QED) is 0.915. The molecule has 2 heterocycles. The van der Waals surface area contributed by atoms with Gasteiger partial charge in [0.05, 0.1) is 0 Å². The average molecular weight is 344 g/mol. The van der Waals surface area contributed by atoms with E-state index in [-0.39, 0.29) is 6.03 Å². The lowest BCUT2D eigenvalue weighted by Gasteiger charge is -2.35. The summed E-state index contributed by atoms with van der Waals surface area (Å²) in [5, 5.41) is 7.23. The van der Waals surface area contributed by atoms with Crippen LogP contribution in [0.2, 0.25) is 4.34 Å². The molecule has 0 bridgehead atoms. The second kappa shape index (κ2) is 7.57. The summed E-state index contributed by atoms with van der Waals surface area (Å²) in [7, 11) is 0. The van der Waals surface area contributed by atoms with Gasteiger partial charge in [0.1, 0.15) is 10.0 Å². The van der Waals surface area contributed by atoms with Crippen LogP contribution in [0.3, 0.4) is 0 Å². The number of nitrogens with zero attached hydrogens (tertiary/aromatic N) is 4. The minimum absolute atomic E-state index is 0.0971. The van der Waals surface area contributed by atoms with Crippen LogP contribution in [-0.4, -0.2) is 57.6 Å². The molecular weight excluding hydrogens is 322 g/mol. The number of carbonyl (C=O) groups is 1. The maximum Gasteiger partial charge on any atom is 0.317 e. The molecule has 1 saturated carbocycles. The Kier molecular flexibility index (Phi) is 5.49. The smallest absolute Gasteiger partial charge is 0.317 e. The van der Waals surface area contributed by atoms with E-state index in [2.05, 4.69) is 19.8 Å². The summed E-state index contributed by atoms with van der Waals surface area (Å²) >= 11 is 7.26. The first-order valence-electron chi connectivity index (χ1n) is 7.97. The molecule has 0 radical (unpaired) electrons. The topological polar surface area (TPSA) is 61.4 Å². The maximum atomic E-state index is 12.3. The van der Waals surface area contributed by atoms with E-state index in [0.717, 1.165) is 44.7 Å². The largest absolute Gasteiger partial charge is 0.335 e. The Morgan fingerprint density at radius 3 is 2.59 bits per heavy atom. The van der Waals surface area contributed by atoms with E-state index in [1.54, 1.807) is 0 Å². The number of nitrogens with one attached hydrogen (secondary N) is 1. The molecule has 3 rings (SSSR count). The zero-order valence-corrected chi connectivity index (χ0v) is 14.2. The van der Waals surface area contributed by atoms with Gasteiger partial charge in [-0.2, -0.15) is 0 Å². The fourth-order valence-corrected chi connectivity index (χ4v) is 3.74. The van der Waals surface area contributed by atoms with Gasteiger partial charge < -0.3 is 10.2 Å². The second-order valence-corrected chi connectivity index (χ2v) is 7.40. The van der Waals surface area contributed by atoms with Gasteiger partial charge in [-0.15, -0.1) is 5.10 Å². The molecule has 1 saturated heterocycles. The van der Waals surface area contributed by atoms with Crippen LogP contribution in [0.1, 0.15) is 37.8 Å². The molecule has 0 aromatic carbocycles. The number of hydrogen-bond acceptors (Lipinski definition) is 5. The van der Waals surface area contributed by atoms with E-state index >= 15 is 0 Å². The van der Waals surface area contributed by atoms with E-state index < -0.39 is 0 Å². The van der Waals surface area contributed by atoms with Crippen molar-refractivity contribution in [3.05, 3.63) is 10.0 Å². The Morgan fingerprint density at radius 1 is 1.23 bits per heavy atom. The first kappa shape index (κ1) is 16.0. The summed E-state index contributed by atoms with van der Waals surface area (Å²) < 4.78 is 4.52. The minimum atomic E-state index is 0.0971. The second-order valence-electron chi connectivity index (χ2n) is 6.04. The van der Waals surface area contributed by atoms with Crippen LogP contribution >= 0.6 is 23.1 Å². The van der Waals surface area contributed by atoms with Crippen molar-refractivity contribution < 1.29 is 4.79 Å². The molecule has 1 aromatic heterocycles. The molecule has 2 fully saturated rings. The molecule has 0 spiro atoms. The zero-order valence-electron chi connectivity index (χ0n) is 12.6. The first-order chi connectivity index (χ1) is 10.7. The highest BCUT2D eigenvalue weighted by Crippen LogP contribution is 2.20. The monoisotopic (exact) mass is 343 g/mol. The molecule has 6 nitrogen and oxygen atoms in total. The number of urea groups is 1. The highest BCUT2D eigenvalue weighted by atomic mass is 35.5. The van der Waals surface area contributed by atoms with Crippen LogP contribution in [0.25, 0.3) is 0 Å². The van der Waals surface area contributed by atoms with Crippen molar-refractivity contribution in [3.8, 4) is 0 Å². The van der Waals surface area contributed by atoms with E-state index in [1.165, 1.54) is 30.8 Å². The standard InChI is InChI=1S/C14H22ClN5OS/c15-13-12(17-18-22-13)10-19-6-8-20(9-7-19)14(21)16-11-4-2-1-3-5-11/h11H,1-10H2,(H,16,21). The van der Waals surface area contributed by atoms with Gasteiger partial charge in [0.2, 0.25) is 0 Å². The van der Waals surface area contributed by atoms with Gasteiger partial charge in [-0.25, -0.2) is 4.79 Å². The molecule has 8 heteroatoms. The third kappa shape index (κ3) is 4.08. The molecule has 0 atom stereocenters. The van der Waals surface area contributed by atoms with Crippen LogP contribution < -0.4 is 5.32 Å². The van der Waals surface area contributed by atoms with Crippen molar-refractivity contribution in [1.29, 1.82) is 0 Å². The number of hydrogen-bond donors (Lipinski definition) is 1. The molecular formula is C14H22ClN5OS. The summed E-state index contributed by atoms with van der Waals surface area (Å²) in [6, 6.07) is 0.471. The van der Waals surface area contributed by atoms with Crippen LogP contribution in [-0.2, 0) is 6.54 Å². The van der Waals surface area contributed by atoms with Crippen LogP contribution in [0.15, 0.2) is 0 Å². The van der Waals surface area contributed by atoms with Crippen LogP contribution in [0.4, 0.5) is 4.79 Å². The normalized spacial score (nSPS) is 21.0. The van der Waals surface area contributed by atoms with Crippen molar-refractivity contribution in [2.24, 2.45) is 0 Å². The maximum absolute atomic E-state index is 12.3. The van der Waals surface area contributed by atoms with Gasteiger partial charge in [0, 0.05) is 50.3 Å². The van der Waals surface area contributed by atoms with Crippen molar-refractivity contribution in [2.45, 2.75) is 44.7 Å². The van der Waals surface area contributed by atoms with E-state index in [4.69, 9.17) is 11.6 Å². The van der Waals surface area contributed by atoms with Gasteiger partial charge in [-0.1, -0.05) is 35.4 Å². The van der Waals surface area contributed by atoms with Crippen molar-refractivity contribution in [1.82, 2.24) is 24.7 Å². The summed E-state index contributed by atoms with van der Waals surface area (Å²) in [5.41, 5.74) is 0.840. The molecule has 2 aliphatic rings. The third-order valence-corrected chi connectivity index (χ3v) is 5.46. The van der Waals surface area contributed by atoms with Crippen LogP contribution in [0, 0.1) is 0 Å². The van der Waals surface area contributed by atoms with Gasteiger partial charge in [-0.3, -0.25) is 4.90 Å². The Balaban J connectivity index is 1.43. The van der Waals surface area contributed by atoms with Gasteiger partial charge in [0.15, 0.2) is 0 Å². The summed E-state index contributed by atoms with van der Waals surface area (Å²) in [4.78, 5) is 16.5. The number of carbonyl (C=O) groups excluding carboxylic acids is 1. The SMILES string of the molecule is O=C(NC1CCCCC1)N1CCN(Cc2nnsc2Cl)CC1. The fourth-order valence-electron chi connectivity index (χ4n) is 3.13. The Labute approximate surface area is 140 Å². The van der Waals surface area contributed by atoms with Crippen molar-refractivity contribution >= 4 is 29.2 Å². The number of rotatable bonds is 3. The van der Waals surface area contributed by atoms with E-state index in [9.17, 15) is 4.79 Å². The number of piperazine rings is 1. The lowest BCUT2D eigenvalue weighted by atomic mass is 9.96. The summed E-state index contributed by atoms with van der Waals surface area (Å²) in [5.74, 6) is 0. The molecule has 22 heavy (non-hydrogen) atoms. The van der Waals surface area contributed by atoms with Crippen LogP contribution in [0.5, 0.6) is 0 Å². The molecule has 1 aliphatic carbocycles. The Hall–Kier alpha value is -0.920. The van der Waals surface area contributed by atoms with Gasteiger partial charge in [-0.05, 0) is 12.8 Å². The Morgan fingerprint density at radius 2 is 1.95 bits per heavy atom. The molecule has 1 N–H and O–H groups in total. The molecule has 1 aliphatic heterocycles.